The lowest BCUT2D eigenvalue weighted by molar-refractivity contribution is 0.00976. The first kappa shape index (κ1) is 23.9. The third kappa shape index (κ3) is 8.58. The molecule has 168 valence electrons. The first-order chi connectivity index (χ1) is 13.9. The van der Waals surface area contributed by atoms with Crippen molar-refractivity contribution in [2.24, 2.45) is 5.92 Å². The molecule has 30 heavy (non-hydrogen) atoms. The van der Waals surface area contributed by atoms with Crippen LogP contribution in [0.2, 0.25) is 0 Å². The van der Waals surface area contributed by atoms with E-state index in [1.807, 2.05) is 30.3 Å². The van der Waals surface area contributed by atoms with E-state index in [2.05, 4.69) is 5.32 Å². The summed E-state index contributed by atoms with van der Waals surface area (Å²) in [5, 5.41) is 2.77. The van der Waals surface area contributed by atoms with Crippen molar-refractivity contribution in [3.05, 3.63) is 35.9 Å². The molecule has 1 N–H and O–H groups in total. The molecule has 2 rings (SSSR count). The predicted octanol–water partition coefficient (Wildman–Crippen LogP) is 2.51. The Morgan fingerprint density at radius 3 is 2.47 bits per heavy atom. The highest BCUT2D eigenvalue weighted by Gasteiger charge is 2.35. The van der Waals surface area contributed by atoms with Crippen LogP contribution in [0.4, 0.5) is 9.59 Å². The van der Waals surface area contributed by atoms with E-state index in [1.54, 1.807) is 20.8 Å². The lowest BCUT2D eigenvalue weighted by Crippen LogP contribution is -2.54. The average Bonchev–Trinajstić information content (AvgIpc) is 2.64. The Labute approximate surface area is 177 Å². The second-order valence-corrected chi connectivity index (χ2v) is 9.92. The van der Waals surface area contributed by atoms with Crippen molar-refractivity contribution in [3.63, 3.8) is 0 Å². The molecule has 1 heterocycles. The molecule has 0 radical (unpaired) electrons. The van der Waals surface area contributed by atoms with Gasteiger partial charge in [0.15, 0.2) is 0 Å². The van der Waals surface area contributed by atoms with Gasteiger partial charge in [0.2, 0.25) is 0 Å². The van der Waals surface area contributed by atoms with Gasteiger partial charge >= 0.3 is 12.2 Å². The second kappa shape index (κ2) is 10.1. The monoisotopic (exact) mass is 442 g/mol. The van der Waals surface area contributed by atoms with Gasteiger partial charge in [-0.25, -0.2) is 9.59 Å². The van der Waals surface area contributed by atoms with Crippen LogP contribution in [0.3, 0.4) is 0 Å². The molecular formula is C20H30N2O7S. The fourth-order valence-electron chi connectivity index (χ4n) is 3.01. The lowest BCUT2D eigenvalue weighted by atomic mass is 9.93. The largest absolute Gasteiger partial charge is 0.445 e. The zero-order valence-electron chi connectivity index (χ0n) is 17.8. The van der Waals surface area contributed by atoms with Gasteiger partial charge in [-0.15, -0.1) is 0 Å². The number of rotatable bonds is 6. The first-order valence-corrected chi connectivity index (χ1v) is 11.5. The van der Waals surface area contributed by atoms with Gasteiger partial charge in [0.1, 0.15) is 12.2 Å². The number of piperidine rings is 1. The van der Waals surface area contributed by atoms with Crippen molar-refractivity contribution in [2.75, 3.05) is 26.0 Å². The van der Waals surface area contributed by atoms with Crippen molar-refractivity contribution in [1.82, 2.24) is 10.2 Å². The maximum absolute atomic E-state index is 12.4. The maximum Gasteiger partial charge on any atom is 0.410 e. The van der Waals surface area contributed by atoms with Crippen LogP contribution in [-0.4, -0.2) is 63.1 Å². The minimum Gasteiger partial charge on any atom is -0.445 e. The molecule has 2 atom stereocenters. The molecule has 0 bridgehead atoms. The van der Waals surface area contributed by atoms with Gasteiger partial charge in [-0.1, -0.05) is 30.3 Å². The van der Waals surface area contributed by atoms with Gasteiger partial charge in [0.05, 0.1) is 12.9 Å². The first-order valence-electron chi connectivity index (χ1n) is 9.72. The number of alkyl carbamates (subject to hydrolysis) is 1. The molecule has 10 heteroatoms. The SMILES string of the molecule is CC(C)(C)OC(=O)N1CC[C@@H](NC(=O)OCc2ccccc2)[C@@H](COS(C)(=O)=O)C1. The molecule has 0 spiro atoms. The van der Waals surface area contributed by atoms with E-state index in [4.69, 9.17) is 13.7 Å². The quantitative estimate of drug-likeness (QED) is 0.674. The van der Waals surface area contributed by atoms with Crippen LogP contribution in [-0.2, 0) is 30.4 Å². The van der Waals surface area contributed by atoms with E-state index in [-0.39, 0.29) is 19.8 Å². The molecule has 1 aromatic carbocycles. The summed E-state index contributed by atoms with van der Waals surface area (Å²) in [5.41, 5.74) is 0.205. The third-order valence-electron chi connectivity index (χ3n) is 4.40. The van der Waals surface area contributed by atoms with E-state index in [0.717, 1.165) is 11.8 Å². The molecule has 1 aromatic rings. The molecule has 2 amide bonds. The van der Waals surface area contributed by atoms with E-state index in [9.17, 15) is 18.0 Å². The van der Waals surface area contributed by atoms with E-state index in [1.165, 1.54) is 4.90 Å². The fourth-order valence-corrected chi connectivity index (χ4v) is 3.43. The van der Waals surface area contributed by atoms with Gasteiger partial charge in [-0.2, -0.15) is 8.42 Å². The second-order valence-electron chi connectivity index (χ2n) is 8.28. The molecule has 1 aliphatic rings. The number of hydrogen-bond donors (Lipinski definition) is 1. The zero-order valence-corrected chi connectivity index (χ0v) is 18.6. The summed E-state index contributed by atoms with van der Waals surface area (Å²) in [4.78, 5) is 26.1. The Morgan fingerprint density at radius 2 is 1.87 bits per heavy atom. The lowest BCUT2D eigenvalue weighted by Gasteiger charge is -2.38. The highest BCUT2D eigenvalue weighted by molar-refractivity contribution is 7.85. The average molecular weight is 443 g/mol. The number of ether oxygens (including phenoxy) is 2. The fraction of sp³-hybridized carbons (Fsp3) is 0.600. The van der Waals surface area contributed by atoms with Crippen LogP contribution in [0.15, 0.2) is 30.3 Å². The topological polar surface area (TPSA) is 111 Å². The van der Waals surface area contributed by atoms with Crippen molar-refractivity contribution in [2.45, 2.75) is 45.4 Å². The summed E-state index contributed by atoms with van der Waals surface area (Å²) in [6.45, 7) is 5.81. The van der Waals surface area contributed by atoms with Crippen molar-refractivity contribution < 1.29 is 31.7 Å². The number of nitrogens with one attached hydrogen (secondary N) is 1. The Morgan fingerprint density at radius 1 is 1.20 bits per heavy atom. The van der Waals surface area contributed by atoms with Crippen molar-refractivity contribution in [1.29, 1.82) is 0 Å². The summed E-state index contributed by atoms with van der Waals surface area (Å²) >= 11 is 0. The number of carbonyl (C=O) groups is 2. The highest BCUT2D eigenvalue weighted by Crippen LogP contribution is 2.21. The molecule has 1 saturated heterocycles. The number of likely N-dealkylation sites (tertiary alicyclic amines) is 1. The summed E-state index contributed by atoms with van der Waals surface area (Å²) in [5.74, 6) is -0.440. The summed E-state index contributed by atoms with van der Waals surface area (Å²) in [7, 11) is -3.67. The summed E-state index contributed by atoms with van der Waals surface area (Å²) in [6, 6.07) is 8.84. The molecule has 9 nitrogen and oxygen atoms in total. The summed E-state index contributed by atoms with van der Waals surface area (Å²) in [6.07, 6.45) is 0.269. The molecular weight excluding hydrogens is 412 g/mol. The van der Waals surface area contributed by atoms with Gasteiger partial charge in [-0.3, -0.25) is 4.18 Å². The smallest absolute Gasteiger partial charge is 0.410 e. The van der Waals surface area contributed by atoms with Crippen LogP contribution in [0, 0.1) is 5.92 Å². The number of amides is 2. The van der Waals surface area contributed by atoms with E-state index >= 15 is 0 Å². The molecule has 1 fully saturated rings. The van der Waals surface area contributed by atoms with Crippen molar-refractivity contribution >= 4 is 22.3 Å². The third-order valence-corrected chi connectivity index (χ3v) is 4.96. The van der Waals surface area contributed by atoms with Crippen LogP contribution in [0.25, 0.3) is 0 Å². The number of hydrogen-bond acceptors (Lipinski definition) is 7. The van der Waals surface area contributed by atoms with E-state index < -0.39 is 39.9 Å². The van der Waals surface area contributed by atoms with Crippen LogP contribution < -0.4 is 5.32 Å². The molecule has 0 aliphatic carbocycles. The summed E-state index contributed by atoms with van der Waals surface area (Å²) < 4.78 is 38.4. The standard InChI is InChI=1S/C20H30N2O7S/c1-20(2,3)29-19(24)22-11-10-17(16(12-22)14-28-30(4,25)26)21-18(23)27-13-15-8-6-5-7-9-15/h5-9,16-17H,10-14H2,1-4H3,(H,21,23)/t16-,17-/m1/s1. The van der Waals surface area contributed by atoms with Crippen molar-refractivity contribution in [3.8, 4) is 0 Å². The Balaban J connectivity index is 1.98. The van der Waals surface area contributed by atoms with Crippen LogP contribution in [0.1, 0.15) is 32.8 Å². The van der Waals surface area contributed by atoms with Gasteiger partial charge in [-0.05, 0) is 32.8 Å². The molecule has 0 saturated carbocycles. The highest BCUT2D eigenvalue weighted by atomic mass is 32.2. The minimum absolute atomic E-state index is 0.119. The Hall–Kier alpha value is -2.33. The zero-order chi connectivity index (χ0) is 22.4. The van der Waals surface area contributed by atoms with Crippen LogP contribution in [0.5, 0.6) is 0 Å². The number of nitrogens with zero attached hydrogens (tertiary/aromatic N) is 1. The number of benzene rings is 1. The predicted molar refractivity (Wildman–Crippen MR) is 110 cm³/mol. The normalized spacial score (nSPS) is 19.8. The Kier molecular flexibility index (Phi) is 8.08. The minimum atomic E-state index is -3.67. The van der Waals surface area contributed by atoms with Gasteiger partial charge in [0.25, 0.3) is 10.1 Å². The number of carbonyl (C=O) groups excluding carboxylic acids is 2. The van der Waals surface area contributed by atoms with Gasteiger partial charge < -0.3 is 19.7 Å². The van der Waals surface area contributed by atoms with Crippen LogP contribution >= 0.6 is 0 Å². The van der Waals surface area contributed by atoms with E-state index in [0.29, 0.717) is 13.0 Å². The molecule has 0 unspecified atom stereocenters. The molecule has 1 aliphatic heterocycles. The Bertz CT molecular complexity index is 821. The molecule has 0 aromatic heterocycles. The van der Waals surface area contributed by atoms with Gasteiger partial charge in [0, 0.05) is 25.0 Å². The maximum atomic E-state index is 12.4.